The molecular weight excluding hydrogens is 178 g/mol. The van der Waals surface area contributed by atoms with Gasteiger partial charge in [-0.25, -0.2) is 0 Å². The summed E-state index contributed by atoms with van der Waals surface area (Å²) < 4.78 is 5.12. The van der Waals surface area contributed by atoms with E-state index in [0.717, 1.165) is 32.4 Å². The molecule has 84 valence electrons. The number of hydrogen-bond acceptors (Lipinski definition) is 3. The van der Waals surface area contributed by atoms with Crippen LogP contribution in [0.1, 0.15) is 46.5 Å². The third kappa shape index (κ3) is 6.89. The Morgan fingerprint density at radius 3 is 2.29 bits per heavy atom. The summed E-state index contributed by atoms with van der Waals surface area (Å²) in [6.45, 7) is 8.56. The highest BCUT2D eigenvalue weighted by Gasteiger charge is 2.04. The van der Waals surface area contributed by atoms with E-state index in [1.807, 2.05) is 0 Å². The van der Waals surface area contributed by atoms with Crippen LogP contribution in [-0.4, -0.2) is 30.7 Å². The van der Waals surface area contributed by atoms with Crippen LogP contribution in [0.15, 0.2) is 0 Å². The van der Waals surface area contributed by atoms with Crippen molar-refractivity contribution in [3.8, 4) is 0 Å². The number of nitrogens with zero attached hydrogens (tertiary/aromatic N) is 1. The van der Waals surface area contributed by atoms with E-state index in [2.05, 4.69) is 25.7 Å². The van der Waals surface area contributed by atoms with Crippen LogP contribution >= 0.6 is 0 Å². The molecule has 0 aliphatic carbocycles. The first-order valence-corrected chi connectivity index (χ1v) is 5.62. The molecule has 0 atom stereocenters. The van der Waals surface area contributed by atoms with Gasteiger partial charge >= 0.3 is 5.97 Å². The van der Waals surface area contributed by atoms with Crippen LogP contribution in [0.5, 0.6) is 0 Å². The van der Waals surface area contributed by atoms with E-state index in [0.29, 0.717) is 13.2 Å². The van der Waals surface area contributed by atoms with Crippen LogP contribution < -0.4 is 0 Å². The van der Waals surface area contributed by atoms with Crippen molar-refractivity contribution in [1.29, 1.82) is 0 Å². The van der Waals surface area contributed by atoms with Gasteiger partial charge in [-0.05, 0) is 19.5 Å². The van der Waals surface area contributed by atoms with E-state index in [1.54, 1.807) is 0 Å². The third-order valence-electron chi connectivity index (χ3n) is 2.29. The summed E-state index contributed by atoms with van der Waals surface area (Å²) in [5, 5.41) is 0. The van der Waals surface area contributed by atoms with Crippen molar-refractivity contribution in [3.05, 3.63) is 0 Å². The Labute approximate surface area is 87.4 Å². The summed E-state index contributed by atoms with van der Waals surface area (Å²) in [5.74, 6) is -0.0645. The summed E-state index contributed by atoms with van der Waals surface area (Å²) in [6.07, 6.45) is 3.77. The monoisotopic (exact) mass is 201 g/mol. The van der Waals surface area contributed by atoms with E-state index >= 15 is 0 Å². The summed E-state index contributed by atoms with van der Waals surface area (Å²) in [6, 6.07) is 0. The van der Waals surface area contributed by atoms with Crippen molar-refractivity contribution in [2.24, 2.45) is 0 Å². The van der Waals surface area contributed by atoms with Crippen LogP contribution in [0, 0.1) is 0 Å². The first kappa shape index (κ1) is 13.4. The fourth-order valence-corrected chi connectivity index (χ4v) is 1.16. The minimum absolute atomic E-state index is 0.0645. The van der Waals surface area contributed by atoms with Crippen LogP contribution in [0.3, 0.4) is 0 Å². The highest BCUT2D eigenvalue weighted by atomic mass is 16.5. The van der Waals surface area contributed by atoms with Crippen molar-refractivity contribution in [3.63, 3.8) is 0 Å². The van der Waals surface area contributed by atoms with Gasteiger partial charge in [-0.2, -0.15) is 0 Å². The molecule has 0 heterocycles. The zero-order chi connectivity index (χ0) is 10.8. The van der Waals surface area contributed by atoms with Crippen molar-refractivity contribution in [1.82, 2.24) is 4.90 Å². The Hall–Kier alpha value is -0.570. The lowest BCUT2D eigenvalue weighted by Crippen LogP contribution is -2.27. The molecule has 0 aromatic rings. The lowest BCUT2D eigenvalue weighted by molar-refractivity contribution is -0.148. The number of esters is 1. The fourth-order valence-electron chi connectivity index (χ4n) is 1.16. The quantitative estimate of drug-likeness (QED) is 0.343. The molecule has 0 bridgehead atoms. The van der Waals surface area contributed by atoms with Gasteiger partial charge in [0.05, 0.1) is 0 Å². The second kappa shape index (κ2) is 9.00. The van der Waals surface area contributed by atoms with Crippen molar-refractivity contribution < 1.29 is 9.53 Å². The molecular formula is C11H23NO2. The highest BCUT2D eigenvalue weighted by Crippen LogP contribution is 2.00. The predicted molar refractivity (Wildman–Crippen MR) is 58.0 cm³/mol. The van der Waals surface area contributed by atoms with Crippen molar-refractivity contribution in [2.75, 3.05) is 19.8 Å². The molecule has 0 fully saturated rings. The first-order chi connectivity index (χ1) is 6.74. The Kier molecular flexibility index (Phi) is 8.64. The van der Waals surface area contributed by atoms with Gasteiger partial charge in [-0.15, -0.1) is 0 Å². The molecule has 0 amide bonds. The largest absolute Gasteiger partial charge is 0.449 e. The Morgan fingerprint density at radius 1 is 1.14 bits per heavy atom. The smallest absolute Gasteiger partial charge is 0.307 e. The number of unbranched alkanes of at least 4 members (excludes halogenated alkanes) is 2. The first-order valence-electron chi connectivity index (χ1n) is 5.62. The molecule has 3 heteroatoms. The van der Waals surface area contributed by atoms with E-state index < -0.39 is 0 Å². The number of rotatable bonds is 8. The standard InChI is InChI=1S/C11H23NO2/c1-4-7-8-9-11(13)14-10-12(5-2)6-3/h4-10H2,1-3H3. The normalized spacial score (nSPS) is 10.6. The number of carbonyl (C=O) groups is 1. The maximum absolute atomic E-state index is 11.2. The predicted octanol–water partition coefficient (Wildman–Crippen LogP) is 2.41. The molecule has 0 aliphatic heterocycles. The van der Waals surface area contributed by atoms with E-state index in [1.165, 1.54) is 0 Å². The summed E-state index contributed by atoms with van der Waals surface area (Å²) in [5.41, 5.74) is 0. The van der Waals surface area contributed by atoms with Crippen LogP contribution in [0.25, 0.3) is 0 Å². The fraction of sp³-hybridized carbons (Fsp3) is 0.909. The molecule has 0 saturated carbocycles. The van der Waals surface area contributed by atoms with Crippen LogP contribution in [-0.2, 0) is 9.53 Å². The Balaban J connectivity index is 3.42. The molecule has 3 nitrogen and oxygen atoms in total. The lowest BCUT2D eigenvalue weighted by atomic mass is 10.2. The van der Waals surface area contributed by atoms with Gasteiger partial charge in [0, 0.05) is 6.42 Å². The maximum Gasteiger partial charge on any atom is 0.307 e. The Morgan fingerprint density at radius 2 is 1.79 bits per heavy atom. The number of carbonyl (C=O) groups excluding carboxylic acids is 1. The molecule has 0 spiro atoms. The zero-order valence-electron chi connectivity index (χ0n) is 9.71. The van der Waals surface area contributed by atoms with Gasteiger partial charge in [-0.1, -0.05) is 33.6 Å². The summed E-state index contributed by atoms with van der Waals surface area (Å²) in [4.78, 5) is 13.3. The van der Waals surface area contributed by atoms with Crippen LogP contribution in [0.2, 0.25) is 0 Å². The molecule has 0 radical (unpaired) electrons. The van der Waals surface area contributed by atoms with Gasteiger partial charge in [0.2, 0.25) is 0 Å². The van der Waals surface area contributed by atoms with Gasteiger partial charge in [-0.3, -0.25) is 9.69 Å². The van der Waals surface area contributed by atoms with E-state index in [4.69, 9.17) is 4.74 Å². The maximum atomic E-state index is 11.2. The van der Waals surface area contributed by atoms with Crippen molar-refractivity contribution in [2.45, 2.75) is 46.5 Å². The number of ether oxygens (including phenoxy) is 1. The van der Waals surface area contributed by atoms with Gasteiger partial charge in [0.15, 0.2) is 0 Å². The molecule has 0 aromatic carbocycles. The van der Waals surface area contributed by atoms with Crippen LogP contribution in [0.4, 0.5) is 0 Å². The minimum Gasteiger partial charge on any atom is -0.449 e. The Bertz CT molecular complexity index is 144. The van der Waals surface area contributed by atoms with E-state index in [9.17, 15) is 4.79 Å². The van der Waals surface area contributed by atoms with E-state index in [-0.39, 0.29) is 5.97 Å². The third-order valence-corrected chi connectivity index (χ3v) is 2.29. The summed E-state index contributed by atoms with van der Waals surface area (Å²) in [7, 11) is 0. The molecule has 0 aliphatic rings. The molecule has 14 heavy (non-hydrogen) atoms. The average Bonchev–Trinajstić information content (AvgIpc) is 2.20. The van der Waals surface area contributed by atoms with Gasteiger partial charge in [0.25, 0.3) is 0 Å². The molecule has 0 unspecified atom stereocenters. The van der Waals surface area contributed by atoms with Crippen molar-refractivity contribution >= 4 is 5.97 Å². The SMILES string of the molecule is CCCCCC(=O)OCN(CC)CC. The van der Waals surface area contributed by atoms with Gasteiger partial charge in [0.1, 0.15) is 6.73 Å². The second-order valence-corrected chi connectivity index (χ2v) is 3.41. The summed E-state index contributed by atoms with van der Waals surface area (Å²) >= 11 is 0. The molecule has 0 rings (SSSR count). The second-order valence-electron chi connectivity index (χ2n) is 3.41. The zero-order valence-corrected chi connectivity index (χ0v) is 9.71. The average molecular weight is 201 g/mol. The minimum atomic E-state index is -0.0645. The molecule has 0 aromatic heterocycles. The highest BCUT2D eigenvalue weighted by molar-refractivity contribution is 5.69. The number of hydrogen-bond donors (Lipinski definition) is 0. The molecule has 0 saturated heterocycles. The van der Waals surface area contributed by atoms with Gasteiger partial charge < -0.3 is 4.74 Å². The topological polar surface area (TPSA) is 29.5 Å². The molecule has 0 N–H and O–H groups in total. The lowest BCUT2D eigenvalue weighted by Gasteiger charge is -2.17.